The summed E-state index contributed by atoms with van der Waals surface area (Å²) in [5.74, 6) is 0.308. The van der Waals surface area contributed by atoms with Crippen molar-refractivity contribution >= 4 is 28.3 Å². The Kier molecular flexibility index (Phi) is 4.37. The molecule has 0 unspecified atom stereocenters. The summed E-state index contributed by atoms with van der Waals surface area (Å²) in [5.41, 5.74) is 3.64. The number of aliphatic hydroxyl groups is 1. The highest BCUT2D eigenvalue weighted by atomic mass is 16.4. The number of fused-ring (bicyclic) bond motifs is 2. The number of nitrogens with one attached hydrogen (secondary N) is 1. The molecule has 8 heteroatoms. The molecule has 1 aliphatic carbocycles. The number of pyridine rings is 1. The summed E-state index contributed by atoms with van der Waals surface area (Å²) >= 11 is 0. The highest BCUT2D eigenvalue weighted by molar-refractivity contribution is 5.79. The molecule has 0 aliphatic heterocycles. The number of nitrogens with zero attached hydrogens (tertiary/aromatic N) is 5. The SMILES string of the molecule is N#Cc1nc2cccnc2n1Cc1cccc2oc(N[C@@H]3CCCC[C@H]3O)nc12. The van der Waals surface area contributed by atoms with Crippen LogP contribution in [0.25, 0.3) is 22.3 Å². The summed E-state index contributed by atoms with van der Waals surface area (Å²) in [6.07, 6.45) is 5.12. The van der Waals surface area contributed by atoms with Crippen LogP contribution < -0.4 is 5.32 Å². The molecule has 0 radical (unpaired) electrons. The zero-order chi connectivity index (χ0) is 19.8. The van der Waals surface area contributed by atoms with Crippen LogP contribution in [0.4, 0.5) is 6.01 Å². The van der Waals surface area contributed by atoms with Gasteiger partial charge in [-0.05, 0) is 31.0 Å². The van der Waals surface area contributed by atoms with Gasteiger partial charge >= 0.3 is 0 Å². The van der Waals surface area contributed by atoms with E-state index in [1.807, 2.05) is 24.3 Å². The maximum Gasteiger partial charge on any atom is 0.296 e. The summed E-state index contributed by atoms with van der Waals surface area (Å²) < 4.78 is 7.67. The average molecular weight is 388 g/mol. The molecule has 146 valence electrons. The van der Waals surface area contributed by atoms with Gasteiger partial charge in [-0.15, -0.1) is 0 Å². The molecule has 1 fully saturated rings. The molecule has 1 aromatic carbocycles. The number of nitriles is 1. The Bertz CT molecular complexity index is 1220. The fourth-order valence-electron chi connectivity index (χ4n) is 4.00. The molecule has 0 spiro atoms. The predicted molar refractivity (Wildman–Crippen MR) is 107 cm³/mol. The van der Waals surface area contributed by atoms with Crippen LogP contribution in [-0.2, 0) is 6.54 Å². The number of benzene rings is 1. The average Bonchev–Trinajstić information content (AvgIpc) is 3.31. The molecule has 5 rings (SSSR count). The van der Waals surface area contributed by atoms with Crippen molar-refractivity contribution in [2.75, 3.05) is 5.32 Å². The van der Waals surface area contributed by atoms with E-state index in [4.69, 9.17) is 4.42 Å². The Morgan fingerprint density at radius 3 is 2.97 bits per heavy atom. The monoisotopic (exact) mass is 388 g/mol. The lowest BCUT2D eigenvalue weighted by atomic mass is 9.93. The highest BCUT2D eigenvalue weighted by Crippen LogP contribution is 2.27. The second-order valence-electron chi connectivity index (χ2n) is 7.37. The van der Waals surface area contributed by atoms with Crippen molar-refractivity contribution in [3.8, 4) is 6.07 Å². The number of oxazole rings is 1. The maximum atomic E-state index is 10.2. The summed E-state index contributed by atoms with van der Waals surface area (Å²) in [6.45, 7) is 0.409. The third kappa shape index (κ3) is 3.19. The zero-order valence-electron chi connectivity index (χ0n) is 15.7. The van der Waals surface area contributed by atoms with Gasteiger partial charge in [0.2, 0.25) is 5.82 Å². The smallest absolute Gasteiger partial charge is 0.296 e. The van der Waals surface area contributed by atoms with Gasteiger partial charge in [-0.2, -0.15) is 10.2 Å². The van der Waals surface area contributed by atoms with E-state index in [2.05, 4.69) is 26.3 Å². The molecule has 2 N–H and O–H groups in total. The van der Waals surface area contributed by atoms with Gasteiger partial charge in [0.15, 0.2) is 11.2 Å². The minimum absolute atomic E-state index is 0.0488. The lowest BCUT2D eigenvalue weighted by Crippen LogP contribution is -2.36. The minimum atomic E-state index is -0.389. The lowest BCUT2D eigenvalue weighted by Gasteiger charge is -2.27. The van der Waals surface area contributed by atoms with Crippen LogP contribution >= 0.6 is 0 Å². The van der Waals surface area contributed by atoms with E-state index in [-0.39, 0.29) is 12.1 Å². The molecule has 3 aromatic heterocycles. The zero-order valence-corrected chi connectivity index (χ0v) is 15.7. The van der Waals surface area contributed by atoms with E-state index < -0.39 is 0 Å². The van der Waals surface area contributed by atoms with Gasteiger partial charge in [-0.1, -0.05) is 25.0 Å². The summed E-state index contributed by atoms with van der Waals surface area (Å²) in [6, 6.07) is 11.9. The number of aliphatic hydroxyl groups excluding tert-OH is 1. The van der Waals surface area contributed by atoms with Crippen LogP contribution in [0, 0.1) is 11.3 Å². The van der Waals surface area contributed by atoms with Gasteiger partial charge in [0.05, 0.1) is 18.7 Å². The summed E-state index contributed by atoms with van der Waals surface area (Å²) in [7, 11) is 0. The van der Waals surface area contributed by atoms with Gasteiger partial charge in [0.1, 0.15) is 17.1 Å². The topological polar surface area (TPSA) is 113 Å². The van der Waals surface area contributed by atoms with Crippen LogP contribution in [0.2, 0.25) is 0 Å². The Morgan fingerprint density at radius 2 is 2.10 bits per heavy atom. The molecular weight excluding hydrogens is 368 g/mol. The van der Waals surface area contributed by atoms with E-state index in [0.717, 1.165) is 36.8 Å². The molecule has 0 bridgehead atoms. The van der Waals surface area contributed by atoms with E-state index in [1.54, 1.807) is 16.8 Å². The van der Waals surface area contributed by atoms with Gasteiger partial charge in [0.25, 0.3) is 6.01 Å². The summed E-state index contributed by atoms with van der Waals surface area (Å²) in [5, 5.41) is 22.9. The quantitative estimate of drug-likeness (QED) is 0.552. The number of rotatable bonds is 4. The molecule has 3 heterocycles. The van der Waals surface area contributed by atoms with Gasteiger partial charge < -0.3 is 14.8 Å². The van der Waals surface area contributed by atoms with Crippen LogP contribution in [0.3, 0.4) is 0 Å². The maximum absolute atomic E-state index is 10.2. The first-order chi connectivity index (χ1) is 14.2. The van der Waals surface area contributed by atoms with Crippen LogP contribution in [0.15, 0.2) is 40.9 Å². The van der Waals surface area contributed by atoms with E-state index in [9.17, 15) is 10.4 Å². The van der Waals surface area contributed by atoms with Gasteiger partial charge in [0, 0.05) is 11.8 Å². The van der Waals surface area contributed by atoms with E-state index in [0.29, 0.717) is 35.1 Å². The number of para-hydroxylation sites is 1. The molecule has 0 amide bonds. The molecule has 2 atom stereocenters. The van der Waals surface area contributed by atoms with Crippen molar-refractivity contribution in [3.05, 3.63) is 47.9 Å². The standard InChI is InChI=1S/C21H20N6O2/c22-11-18-24-15-7-4-10-23-20(15)27(18)12-13-5-3-9-17-19(13)26-21(29-17)25-14-6-1-2-8-16(14)28/h3-5,7,9-10,14,16,28H,1-2,6,8,12H2,(H,25,26)/t14-,16-/m1/s1. The second-order valence-corrected chi connectivity index (χ2v) is 7.37. The number of imidazole rings is 1. The lowest BCUT2D eigenvalue weighted by molar-refractivity contribution is 0.115. The molecule has 1 saturated carbocycles. The van der Waals surface area contributed by atoms with Gasteiger partial charge in [-0.25, -0.2) is 9.97 Å². The molecule has 0 saturated heterocycles. The Balaban J connectivity index is 1.50. The molecule has 1 aliphatic rings. The Hall–Kier alpha value is -3.44. The number of anilines is 1. The van der Waals surface area contributed by atoms with Crippen molar-refractivity contribution in [3.63, 3.8) is 0 Å². The van der Waals surface area contributed by atoms with Crippen molar-refractivity contribution in [1.82, 2.24) is 19.5 Å². The van der Waals surface area contributed by atoms with E-state index in [1.165, 1.54) is 0 Å². The highest BCUT2D eigenvalue weighted by Gasteiger charge is 2.24. The van der Waals surface area contributed by atoms with Crippen molar-refractivity contribution in [1.29, 1.82) is 5.26 Å². The first-order valence-electron chi connectivity index (χ1n) is 9.77. The fourth-order valence-corrected chi connectivity index (χ4v) is 4.00. The molecule has 8 nitrogen and oxygen atoms in total. The van der Waals surface area contributed by atoms with Gasteiger partial charge in [-0.3, -0.25) is 4.57 Å². The first-order valence-corrected chi connectivity index (χ1v) is 9.77. The van der Waals surface area contributed by atoms with Crippen molar-refractivity contribution in [2.24, 2.45) is 0 Å². The van der Waals surface area contributed by atoms with Crippen LogP contribution in [0.5, 0.6) is 0 Å². The van der Waals surface area contributed by atoms with Crippen molar-refractivity contribution < 1.29 is 9.52 Å². The largest absolute Gasteiger partial charge is 0.424 e. The number of hydrogen-bond donors (Lipinski definition) is 2. The summed E-state index contributed by atoms with van der Waals surface area (Å²) in [4.78, 5) is 13.4. The minimum Gasteiger partial charge on any atom is -0.424 e. The Labute approximate surface area is 166 Å². The Morgan fingerprint density at radius 1 is 1.21 bits per heavy atom. The second kappa shape index (κ2) is 7.18. The fraction of sp³-hybridized carbons (Fsp3) is 0.333. The number of hydrogen-bond acceptors (Lipinski definition) is 7. The third-order valence-electron chi connectivity index (χ3n) is 5.47. The number of aromatic nitrogens is 4. The van der Waals surface area contributed by atoms with E-state index >= 15 is 0 Å². The van der Waals surface area contributed by atoms with Crippen molar-refractivity contribution in [2.45, 2.75) is 44.4 Å². The third-order valence-corrected chi connectivity index (χ3v) is 5.47. The van der Waals surface area contributed by atoms with Crippen LogP contribution in [0.1, 0.15) is 37.1 Å². The molecular formula is C21H20N6O2. The normalized spacial score (nSPS) is 19.4. The predicted octanol–water partition coefficient (Wildman–Crippen LogP) is 3.21. The molecule has 4 aromatic rings. The van der Waals surface area contributed by atoms with Crippen LogP contribution in [-0.4, -0.2) is 36.8 Å². The molecule has 29 heavy (non-hydrogen) atoms. The first kappa shape index (κ1) is 17.6.